The lowest BCUT2D eigenvalue weighted by atomic mass is 10.1. The summed E-state index contributed by atoms with van der Waals surface area (Å²) in [5, 5.41) is 11.1. The van der Waals surface area contributed by atoms with Gasteiger partial charge in [-0.3, -0.25) is 0 Å². The largest absolute Gasteiger partial charge is 0.240 e. The second-order valence-corrected chi connectivity index (χ2v) is 4.30. The van der Waals surface area contributed by atoms with E-state index in [4.69, 9.17) is 5.26 Å². The highest BCUT2D eigenvalue weighted by atomic mass is 32.1. The van der Waals surface area contributed by atoms with Crippen LogP contribution >= 0.6 is 11.3 Å². The molecule has 0 aliphatic heterocycles. The third-order valence-corrected chi connectivity index (χ3v) is 3.17. The van der Waals surface area contributed by atoms with E-state index >= 15 is 0 Å². The van der Waals surface area contributed by atoms with Crippen LogP contribution in [0.2, 0.25) is 0 Å². The van der Waals surface area contributed by atoms with Crippen molar-refractivity contribution in [2.45, 2.75) is 13.3 Å². The van der Waals surface area contributed by atoms with Gasteiger partial charge in [-0.15, -0.1) is 11.3 Å². The van der Waals surface area contributed by atoms with Gasteiger partial charge in [0.25, 0.3) is 0 Å². The van der Waals surface area contributed by atoms with Crippen molar-refractivity contribution in [3.8, 4) is 16.6 Å². The first-order chi connectivity index (χ1) is 7.70. The highest BCUT2D eigenvalue weighted by Gasteiger charge is 2.06. The summed E-state index contributed by atoms with van der Waals surface area (Å²) < 4.78 is 13.3. The Morgan fingerprint density at radius 2 is 2.31 bits per heavy atom. The van der Waals surface area contributed by atoms with Crippen molar-refractivity contribution in [3.05, 3.63) is 40.7 Å². The predicted octanol–water partition coefficient (Wildman–Crippen LogP) is 3.32. The minimum Gasteiger partial charge on any atom is -0.240 e. The van der Waals surface area contributed by atoms with Crippen LogP contribution in [0.25, 0.3) is 10.6 Å². The van der Waals surface area contributed by atoms with E-state index in [1.54, 1.807) is 13.0 Å². The summed E-state index contributed by atoms with van der Waals surface area (Å²) in [4.78, 5) is 4.27. The number of benzene rings is 1. The molecule has 0 bridgehead atoms. The molecule has 2 nitrogen and oxygen atoms in total. The number of rotatable bonds is 2. The number of halogens is 1. The summed E-state index contributed by atoms with van der Waals surface area (Å²) in [6.45, 7) is 1.72. The number of hydrogen-bond donors (Lipinski definition) is 0. The van der Waals surface area contributed by atoms with Gasteiger partial charge in [-0.2, -0.15) is 5.26 Å². The first-order valence-corrected chi connectivity index (χ1v) is 5.66. The van der Waals surface area contributed by atoms with Crippen molar-refractivity contribution < 1.29 is 4.39 Å². The Kier molecular flexibility index (Phi) is 2.97. The SMILES string of the molecule is Cc1ccc(-c2nc(CC#N)cs2)cc1F. The average Bonchev–Trinajstić information content (AvgIpc) is 2.71. The van der Waals surface area contributed by atoms with Gasteiger partial charge in [-0.25, -0.2) is 9.37 Å². The van der Waals surface area contributed by atoms with Gasteiger partial charge < -0.3 is 0 Å². The Balaban J connectivity index is 2.36. The lowest BCUT2D eigenvalue weighted by Crippen LogP contribution is -1.85. The molecule has 0 unspecified atom stereocenters. The maximum Gasteiger partial charge on any atom is 0.126 e. The smallest absolute Gasteiger partial charge is 0.126 e. The van der Waals surface area contributed by atoms with Crippen LogP contribution in [-0.4, -0.2) is 4.98 Å². The monoisotopic (exact) mass is 232 g/mol. The summed E-state index contributed by atoms with van der Waals surface area (Å²) in [6, 6.07) is 7.09. The second-order valence-electron chi connectivity index (χ2n) is 3.44. The summed E-state index contributed by atoms with van der Waals surface area (Å²) in [6.07, 6.45) is 0.296. The van der Waals surface area contributed by atoms with Gasteiger partial charge in [-0.05, 0) is 18.6 Å². The van der Waals surface area contributed by atoms with Crippen molar-refractivity contribution in [2.75, 3.05) is 0 Å². The zero-order valence-corrected chi connectivity index (χ0v) is 9.51. The number of thiazole rings is 1. The molecule has 0 N–H and O–H groups in total. The van der Waals surface area contributed by atoms with Crippen LogP contribution in [0, 0.1) is 24.1 Å². The zero-order chi connectivity index (χ0) is 11.5. The number of aryl methyl sites for hydroxylation is 1. The van der Waals surface area contributed by atoms with Crippen molar-refractivity contribution in [3.63, 3.8) is 0 Å². The predicted molar refractivity (Wildman–Crippen MR) is 61.6 cm³/mol. The van der Waals surface area contributed by atoms with Crippen molar-refractivity contribution in [2.24, 2.45) is 0 Å². The topological polar surface area (TPSA) is 36.7 Å². The van der Waals surface area contributed by atoms with Crippen LogP contribution in [0.5, 0.6) is 0 Å². The minimum atomic E-state index is -0.227. The number of hydrogen-bond acceptors (Lipinski definition) is 3. The fourth-order valence-electron chi connectivity index (χ4n) is 1.33. The molecule has 1 aromatic heterocycles. The summed E-state index contributed by atoms with van der Waals surface area (Å²) in [5.41, 5.74) is 2.12. The lowest BCUT2D eigenvalue weighted by molar-refractivity contribution is 0.619. The van der Waals surface area contributed by atoms with E-state index in [1.165, 1.54) is 17.4 Å². The molecule has 0 aliphatic carbocycles. The molecule has 0 saturated heterocycles. The number of nitriles is 1. The first kappa shape index (κ1) is 10.8. The van der Waals surface area contributed by atoms with Gasteiger partial charge in [0, 0.05) is 10.9 Å². The Morgan fingerprint density at radius 1 is 1.50 bits per heavy atom. The highest BCUT2D eigenvalue weighted by molar-refractivity contribution is 7.13. The van der Waals surface area contributed by atoms with E-state index in [-0.39, 0.29) is 5.82 Å². The van der Waals surface area contributed by atoms with Crippen LogP contribution in [0.4, 0.5) is 4.39 Å². The molecular formula is C12H9FN2S. The molecule has 0 radical (unpaired) electrons. The Hall–Kier alpha value is -1.73. The molecule has 0 saturated carbocycles. The molecule has 80 valence electrons. The van der Waals surface area contributed by atoms with E-state index in [9.17, 15) is 4.39 Å². The van der Waals surface area contributed by atoms with Crippen LogP contribution in [-0.2, 0) is 6.42 Å². The molecule has 0 spiro atoms. The zero-order valence-electron chi connectivity index (χ0n) is 8.70. The van der Waals surface area contributed by atoms with Crippen LogP contribution < -0.4 is 0 Å². The normalized spacial score (nSPS) is 10.1. The third kappa shape index (κ3) is 2.10. The molecule has 0 aliphatic rings. The van der Waals surface area contributed by atoms with E-state index in [0.717, 1.165) is 16.3 Å². The van der Waals surface area contributed by atoms with Gasteiger partial charge in [0.05, 0.1) is 18.2 Å². The lowest BCUT2D eigenvalue weighted by Gasteiger charge is -1.99. The Labute approximate surface area is 97.0 Å². The molecule has 4 heteroatoms. The molecule has 0 fully saturated rings. The average molecular weight is 232 g/mol. The van der Waals surface area contributed by atoms with E-state index < -0.39 is 0 Å². The number of nitrogens with zero attached hydrogens (tertiary/aromatic N) is 2. The number of aromatic nitrogens is 1. The van der Waals surface area contributed by atoms with Gasteiger partial charge in [0.1, 0.15) is 10.8 Å². The van der Waals surface area contributed by atoms with Crippen LogP contribution in [0.15, 0.2) is 23.6 Å². The van der Waals surface area contributed by atoms with E-state index in [0.29, 0.717) is 12.0 Å². The first-order valence-electron chi connectivity index (χ1n) is 4.78. The van der Waals surface area contributed by atoms with Gasteiger partial charge >= 0.3 is 0 Å². The summed E-state index contributed by atoms with van der Waals surface area (Å²) in [7, 11) is 0. The molecule has 1 aromatic carbocycles. The van der Waals surface area contributed by atoms with Gasteiger partial charge in [0.15, 0.2) is 0 Å². The van der Waals surface area contributed by atoms with Crippen LogP contribution in [0.1, 0.15) is 11.3 Å². The highest BCUT2D eigenvalue weighted by Crippen LogP contribution is 2.25. The van der Waals surface area contributed by atoms with Crippen molar-refractivity contribution >= 4 is 11.3 Å². The molecule has 2 aromatic rings. The Morgan fingerprint density at radius 3 is 3.00 bits per heavy atom. The molecule has 1 heterocycles. The fourth-order valence-corrected chi connectivity index (χ4v) is 2.14. The van der Waals surface area contributed by atoms with E-state index in [2.05, 4.69) is 4.98 Å². The third-order valence-electron chi connectivity index (χ3n) is 2.23. The minimum absolute atomic E-state index is 0.227. The van der Waals surface area contributed by atoms with Gasteiger partial charge in [-0.1, -0.05) is 12.1 Å². The maximum absolute atomic E-state index is 13.3. The molecule has 16 heavy (non-hydrogen) atoms. The molecule has 0 atom stereocenters. The van der Waals surface area contributed by atoms with Crippen molar-refractivity contribution in [1.29, 1.82) is 5.26 Å². The summed E-state index contributed by atoms with van der Waals surface area (Å²) >= 11 is 1.43. The molecule has 2 rings (SSSR count). The molecular weight excluding hydrogens is 223 g/mol. The standard InChI is InChI=1S/C12H9FN2S/c1-8-2-3-9(6-11(8)13)12-15-10(4-5-14)7-16-12/h2-3,6-7H,4H2,1H3. The quantitative estimate of drug-likeness (QED) is 0.796. The van der Waals surface area contributed by atoms with Crippen LogP contribution in [0.3, 0.4) is 0 Å². The summed E-state index contributed by atoms with van der Waals surface area (Å²) in [5.74, 6) is -0.227. The van der Waals surface area contributed by atoms with Gasteiger partial charge in [0.2, 0.25) is 0 Å². The molecule has 0 amide bonds. The fraction of sp³-hybridized carbons (Fsp3) is 0.167. The van der Waals surface area contributed by atoms with Crippen molar-refractivity contribution in [1.82, 2.24) is 4.98 Å². The second kappa shape index (κ2) is 4.42. The van der Waals surface area contributed by atoms with E-state index in [1.807, 2.05) is 17.5 Å². The Bertz CT molecular complexity index is 554. The maximum atomic E-state index is 13.3.